The van der Waals surface area contributed by atoms with Crippen molar-refractivity contribution in [3.63, 3.8) is 0 Å². The monoisotopic (exact) mass is 545 g/mol. The zero-order valence-corrected chi connectivity index (χ0v) is 22.2. The summed E-state index contributed by atoms with van der Waals surface area (Å²) in [4.78, 5) is 13.2. The van der Waals surface area contributed by atoms with E-state index in [0.29, 0.717) is 18.8 Å². The molecule has 1 N–H and O–H groups in total. The molecule has 13 heteroatoms. The van der Waals surface area contributed by atoms with Crippen molar-refractivity contribution in [2.24, 2.45) is 0 Å². The van der Waals surface area contributed by atoms with Gasteiger partial charge in [0.25, 0.3) is 0 Å². The normalized spacial score (nSPS) is 15.5. The van der Waals surface area contributed by atoms with E-state index in [1.807, 2.05) is 0 Å². The van der Waals surface area contributed by atoms with Crippen LogP contribution < -0.4 is 19.1 Å². The van der Waals surface area contributed by atoms with E-state index < -0.39 is 32.0 Å². The fraction of sp³-hybridized carbons (Fsp3) is 0.409. The zero-order valence-electron chi connectivity index (χ0n) is 19.8. The molecule has 1 atom stereocenters. The van der Waals surface area contributed by atoms with Crippen molar-refractivity contribution in [1.82, 2.24) is 4.31 Å². The predicted molar refractivity (Wildman–Crippen MR) is 134 cm³/mol. The van der Waals surface area contributed by atoms with Crippen LogP contribution in [0.2, 0.25) is 5.02 Å². The minimum Gasteiger partial charge on any atom is -0.495 e. The third-order valence-electron chi connectivity index (χ3n) is 5.61. The average molecular weight is 546 g/mol. The number of amides is 1. The zero-order chi connectivity index (χ0) is 26.0. The molecular weight excluding hydrogens is 518 g/mol. The van der Waals surface area contributed by atoms with Crippen LogP contribution >= 0.6 is 11.6 Å². The van der Waals surface area contributed by atoms with Gasteiger partial charge >= 0.3 is 0 Å². The van der Waals surface area contributed by atoms with E-state index in [1.165, 1.54) is 61.8 Å². The number of nitrogens with zero attached hydrogens (tertiary/aromatic N) is 2. The van der Waals surface area contributed by atoms with Crippen molar-refractivity contribution in [3.05, 3.63) is 41.4 Å². The van der Waals surface area contributed by atoms with Crippen LogP contribution in [-0.2, 0) is 24.8 Å². The molecule has 1 fully saturated rings. The van der Waals surface area contributed by atoms with Crippen molar-refractivity contribution >= 4 is 48.9 Å². The Balaban J connectivity index is 1.94. The van der Waals surface area contributed by atoms with Crippen molar-refractivity contribution in [3.8, 4) is 11.5 Å². The van der Waals surface area contributed by atoms with Gasteiger partial charge in [0, 0.05) is 13.1 Å². The summed E-state index contributed by atoms with van der Waals surface area (Å²) < 4.78 is 63.9. The van der Waals surface area contributed by atoms with Gasteiger partial charge in [0.05, 0.1) is 41.8 Å². The molecule has 2 aromatic carbocycles. The topological polar surface area (TPSA) is 122 Å². The van der Waals surface area contributed by atoms with E-state index in [1.54, 1.807) is 0 Å². The van der Waals surface area contributed by atoms with Gasteiger partial charge in [-0.1, -0.05) is 11.6 Å². The summed E-state index contributed by atoms with van der Waals surface area (Å²) in [5.74, 6) is -0.123. The second-order valence-electron chi connectivity index (χ2n) is 8.02. The molecule has 1 amide bonds. The number of halogens is 1. The Morgan fingerprint density at radius 3 is 2.17 bits per heavy atom. The minimum atomic E-state index is -3.91. The first-order valence-corrected chi connectivity index (χ1v) is 14.4. The summed E-state index contributed by atoms with van der Waals surface area (Å²) in [5, 5.41) is 2.79. The molecule has 1 aliphatic heterocycles. The Labute approximate surface area is 210 Å². The van der Waals surface area contributed by atoms with Crippen LogP contribution in [-0.4, -0.2) is 66.7 Å². The summed E-state index contributed by atoms with van der Waals surface area (Å²) in [6.45, 7) is 2.27. The number of sulfonamides is 2. The number of carbonyl (C=O) groups excluding carboxylic acids is 1. The first-order valence-electron chi connectivity index (χ1n) is 10.7. The van der Waals surface area contributed by atoms with Gasteiger partial charge in [-0.2, -0.15) is 4.31 Å². The van der Waals surface area contributed by atoms with Gasteiger partial charge in [0.15, 0.2) is 0 Å². The highest BCUT2D eigenvalue weighted by Gasteiger charge is 2.31. The molecule has 3 rings (SSSR count). The largest absolute Gasteiger partial charge is 0.495 e. The molecule has 2 aromatic rings. The quantitative estimate of drug-likeness (QED) is 0.514. The molecule has 1 unspecified atom stereocenters. The third kappa shape index (κ3) is 5.83. The molecule has 0 aliphatic carbocycles. The van der Waals surface area contributed by atoms with Gasteiger partial charge in [-0.05, 0) is 56.2 Å². The predicted octanol–water partition coefficient (Wildman–Crippen LogP) is 2.93. The lowest BCUT2D eigenvalue weighted by atomic mass is 10.2. The molecule has 0 radical (unpaired) electrons. The van der Waals surface area contributed by atoms with Crippen molar-refractivity contribution in [1.29, 1.82) is 0 Å². The number of nitrogens with one attached hydrogen (secondary N) is 1. The molecule has 0 spiro atoms. The van der Waals surface area contributed by atoms with E-state index in [-0.39, 0.29) is 27.0 Å². The molecule has 35 heavy (non-hydrogen) atoms. The standard InChI is InChI=1S/C22H28ClN3O7S2/c1-15(26(34(4,28)29)16-7-9-20(32-2)18(23)13-16)22(27)24-19-14-17(8-10-21(19)33-3)35(30,31)25-11-5-6-12-25/h7-10,13-15H,5-6,11-12H2,1-4H3,(H,24,27). The Morgan fingerprint density at radius 1 is 1.03 bits per heavy atom. The Hall–Kier alpha value is -2.54. The first-order chi connectivity index (χ1) is 16.4. The summed E-state index contributed by atoms with van der Waals surface area (Å²) in [7, 11) is -4.84. The number of benzene rings is 2. The minimum absolute atomic E-state index is 0.00468. The van der Waals surface area contributed by atoms with Gasteiger partial charge in [-0.3, -0.25) is 9.10 Å². The van der Waals surface area contributed by atoms with Gasteiger partial charge in [-0.25, -0.2) is 16.8 Å². The molecule has 0 saturated carbocycles. The van der Waals surface area contributed by atoms with Gasteiger partial charge in [0.1, 0.15) is 17.5 Å². The number of hydrogen-bond acceptors (Lipinski definition) is 7. The van der Waals surface area contributed by atoms with Gasteiger partial charge in [0.2, 0.25) is 26.0 Å². The molecule has 1 saturated heterocycles. The van der Waals surface area contributed by atoms with Crippen molar-refractivity contribution < 1.29 is 31.1 Å². The molecule has 10 nitrogen and oxygen atoms in total. The van der Waals surface area contributed by atoms with Crippen LogP contribution in [0.4, 0.5) is 11.4 Å². The number of carbonyl (C=O) groups is 1. The highest BCUT2D eigenvalue weighted by atomic mass is 35.5. The second-order valence-corrected chi connectivity index (χ2v) is 12.2. The summed E-state index contributed by atoms with van der Waals surface area (Å²) in [6.07, 6.45) is 2.54. The Morgan fingerprint density at radius 2 is 1.63 bits per heavy atom. The Kier molecular flexibility index (Phi) is 8.20. The SMILES string of the molecule is COc1ccc(N(C(C)C(=O)Nc2cc(S(=O)(=O)N3CCCC3)ccc2OC)S(C)(=O)=O)cc1Cl. The third-order valence-corrected chi connectivity index (χ3v) is 9.04. The molecule has 1 heterocycles. The smallest absolute Gasteiger partial charge is 0.248 e. The van der Waals surface area contributed by atoms with E-state index in [0.717, 1.165) is 23.4 Å². The Bertz CT molecular complexity index is 1310. The van der Waals surface area contributed by atoms with E-state index >= 15 is 0 Å². The second kappa shape index (κ2) is 10.6. The van der Waals surface area contributed by atoms with Crippen LogP contribution in [0.3, 0.4) is 0 Å². The fourth-order valence-corrected chi connectivity index (χ4v) is 6.82. The highest BCUT2D eigenvalue weighted by molar-refractivity contribution is 7.92. The van der Waals surface area contributed by atoms with Gasteiger partial charge in [-0.15, -0.1) is 0 Å². The summed E-state index contributed by atoms with van der Waals surface area (Å²) in [6, 6.07) is 7.31. The van der Waals surface area contributed by atoms with Gasteiger partial charge < -0.3 is 14.8 Å². The van der Waals surface area contributed by atoms with Crippen LogP contribution in [0.5, 0.6) is 11.5 Å². The van der Waals surface area contributed by atoms with Crippen molar-refractivity contribution in [2.45, 2.75) is 30.7 Å². The number of rotatable bonds is 9. The van der Waals surface area contributed by atoms with Crippen LogP contribution in [0, 0.1) is 0 Å². The van der Waals surface area contributed by atoms with E-state index in [2.05, 4.69) is 5.32 Å². The van der Waals surface area contributed by atoms with Crippen LogP contribution in [0.1, 0.15) is 19.8 Å². The number of methoxy groups -OCH3 is 2. The molecule has 0 bridgehead atoms. The van der Waals surface area contributed by atoms with Crippen LogP contribution in [0.15, 0.2) is 41.3 Å². The lowest BCUT2D eigenvalue weighted by Gasteiger charge is -2.28. The molecular formula is C22H28ClN3O7S2. The highest BCUT2D eigenvalue weighted by Crippen LogP contribution is 2.33. The number of hydrogen-bond donors (Lipinski definition) is 1. The van der Waals surface area contributed by atoms with E-state index in [9.17, 15) is 21.6 Å². The summed E-state index contributed by atoms with van der Waals surface area (Å²) >= 11 is 6.17. The average Bonchev–Trinajstić information content (AvgIpc) is 3.34. The van der Waals surface area contributed by atoms with Crippen molar-refractivity contribution in [2.75, 3.05) is 43.2 Å². The number of ether oxygens (including phenoxy) is 2. The first kappa shape index (κ1) is 27.1. The molecule has 192 valence electrons. The summed E-state index contributed by atoms with van der Waals surface area (Å²) in [5.41, 5.74) is 0.268. The maximum Gasteiger partial charge on any atom is 0.248 e. The maximum absolute atomic E-state index is 13.2. The van der Waals surface area contributed by atoms with Crippen LogP contribution in [0.25, 0.3) is 0 Å². The molecule has 1 aliphatic rings. The van der Waals surface area contributed by atoms with E-state index in [4.69, 9.17) is 21.1 Å². The number of anilines is 2. The lowest BCUT2D eigenvalue weighted by molar-refractivity contribution is -0.116. The maximum atomic E-state index is 13.2. The lowest BCUT2D eigenvalue weighted by Crippen LogP contribution is -2.45. The molecule has 0 aromatic heterocycles. The fourth-order valence-electron chi connectivity index (χ4n) is 3.86.